The third kappa shape index (κ3) is 4.37. The van der Waals surface area contributed by atoms with Gasteiger partial charge in [0.15, 0.2) is 0 Å². The van der Waals surface area contributed by atoms with Crippen LogP contribution in [-0.2, 0) is 0 Å². The highest BCUT2D eigenvalue weighted by molar-refractivity contribution is 4.89. The summed E-state index contributed by atoms with van der Waals surface area (Å²) in [7, 11) is 1.96. The van der Waals surface area contributed by atoms with Gasteiger partial charge in [-0.1, -0.05) is 20.4 Å². The molecule has 0 aromatic rings. The van der Waals surface area contributed by atoms with Crippen molar-refractivity contribution < 1.29 is 0 Å². The highest BCUT2D eigenvalue weighted by Crippen LogP contribution is 2.04. The van der Waals surface area contributed by atoms with E-state index in [1.165, 1.54) is 0 Å². The first kappa shape index (κ1) is 9.48. The molecule has 0 saturated carbocycles. The minimum atomic E-state index is 0.442. The lowest BCUT2D eigenvalue weighted by Gasteiger charge is -2.12. The molecule has 0 rings (SSSR count). The van der Waals surface area contributed by atoms with E-state index in [-0.39, 0.29) is 0 Å². The quantitative estimate of drug-likeness (QED) is 0.587. The van der Waals surface area contributed by atoms with E-state index in [0.717, 1.165) is 12.3 Å². The third-order valence-corrected chi connectivity index (χ3v) is 1.42. The number of hydrogen-bond donors (Lipinski definition) is 1. The molecule has 0 bridgehead atoms. The highest BCUT2D eigenvalue weighted by Gasteiger charge is 2.02. The number of likely N-dealkylation sites (N-methyl/N-ethyl adjacent to an activating group) is 1. The lowest BCUT2D eigenvalue weighted by atomic mass is 10.0. The first-order valence-corrected chi connectivity index (χ1v) is 3.74. The van der Waals surface area contributed by atoms with Crippen LogP contribution in [0.1, 0.15) is 20.3 Å². The van der Waals surface area contributed by atoms with Crippen molar-refractivity contribution in [3.05, 3.63) is 18.4 Å². The minimum Gasteiger partial charge on any atom is -0.313 e. The van der Waals surface area contributed by atoms with Crippen molar-refractivity contribution >= 4 is 0 Å². The number of rotatable bonds is 4. The maximum Gasteiger partial charge on any atom is 0.0324 e. The predicted molar refractivity (Wildman–Crippen MR) is 46.0 cm³/mol. The Bertz CT molecular complexity index is 121. The first-order valence-electron chi connectivity index (χ1n) is 3.74. The fourth-order valence-electron chi connectivity index (χ4n) is 0.919. The van der Waals surface area contributed by atoms with Crippen LogP contribution in [0, 0.1) is 5.92 Å². The molecule has 1 unspecified atom stereocenters. The van der Waals surface area contributed by atoms with Gasteiger partial charge in [0.05, 0.1) is 0 Å². The van der Waals surface area contributed by atoms with Crippen LogP contribution in [-0.4, -0.2) is 13.1 Å². The molecule has 58 valence electrons. The van der Waals surface area contributed by atoms with E-state index < -0.39 is 0 Å². The molecule has 0 spiro atoms. The summed E-state index contributed by atoms with van der Waals surface area (Å²) in [4.78, 5) is 0. The summed E-state index contributed by atoms with van der Waals surface area (Å²) in [5, 5.41) is 3.18. The monoisotopic (exact) mass is 139 g/mol. The second-order valence-electron chi connectivity index (χ2n) is 2.90. The molecule has 0 aliphatic rings. The predicted octanol–water partition coefficient (Wildman–Crippen LogP) is 1.96. The van der Waals surface area contributed by atoms with Gasteiger partial charge in [0.25, 0.3) is 0 Å². The average Bonchev–Trinajstić information content (AvgIpc) is 1.86. The maximum atomic E-state index is 3.54. The van der Waals surface area contributed by atoms with Gasteiger partial charge in [0.1, 0.15) is 0 Å². The fraction of sp³-hybridized carbons (Fsp3) is 0.667. The van der Waals surface area contributed by atoms with Gasteiger partial charge in [-0.05, 0) is 25.5 Å². The summed E-state index contributed by atoms with van der Waals surface area (Å²) in [6.07, 6.45) is 3.12. The fourth-order valence-corrected chi connectivity index (χ4v) is 0.919. The van der Waals surface area contributed by atoms with Crippen LogP contribution in [0.3, 0.4) is 0 Å². The van der Waals surface area contributed by atoms with E-state index in [1.54, 1.807) is 0 Å². The third-order valence-electron chi connectivity index (χ3n) is 1.42. The molecule has 0 fully saturated rings. The standard InChI is InChI=1S/C9H17N/c1-5-6-9(10-4)7-8(2)3/h6,8-10H,1,7H2,2-4H3. The van der Waals surface area contributed by atoms with Crippen LogP contribution in [0.2, 0.25) is 0 Å². The summed E-state index contributed by atoms with van der Waals surface area (Å²) < 4.78 is 0. The van der Waals surface area contributed by atoms with Crippen molar-refractivity contribution in [3.8, 4) is 0 Å². The molecule has 10 heavy (non-hydrogen) atoms. The summed E-state index contributed by atoms with van der Waals surface area (Å²) in [6, 6.07) is 0.442. The largest absolute Gasteiger partial charge is 0.313 e. The smallest absolute Gasteiger partial charge is 0.0324 e. The Morgan fingerprint density at radius 3 is 2.50 bits per heavy atom. The zero-order chi connectivity index (χ0) is 7.98. The van der Waals surface area contributed by atoms with Crippen LogP contribution in [0.4, 0.5) is 0 Å². The SMILES string of the molecule is C=C=CC(CC(C)C)NC. The maximum absolute atomic E-state index is 3.54. The Labute approximate surface area is 63.8 Å². The van der Waals surface area contributed by atoms with Gasteiger partial charge in [0.2, 0.25) is 0 Å². The van der Waals surface area contributed by atoms with Crippen LogP contribution in [0.25, 0.3) is 0 Å². The number of nitrogens with one attached hydrogen (secondary N) is 1. The number of hydrogen-bond acceptors (Lipinski definition) is 1. The van der Waals surface area contributed by atoms with E-state index in [1.807, 2.05) is 13.1 Å². The van der Waals surface area contributed by atoms with Crippen molar-refractivity contribution in [2.45, 2.75) is 26.3 Å². The lowest BCUT2D eigenvalue weighted by molar-refractivity contribution is 0.500. The molecule has 0 aromatic carbocycles. The lowest BCUT2D eigenvalue weighted by Crippen LogP contribution is -2.23. The van der Waals surface area contributed by atoms with E-state index in [0.29, 0.717) is 6.04 Å². The van der Waals surface area contributed by atoms with Gasteiger partial charge >= 0.3 is 0 Å². The summed E-state index contributed by atoms with van der Waals surface area (Å²) >= 11 is 0. The molecule has 0 radical (unpaired) electrons. The second kappa shape index (κ2) is 5.28. The van der Waals surface area contributed by atoms with E-state index in [2.05, 4.69) is 31.5 Å². The van der Waals surface area contributed by atoms with Crippen molar-refractivity contribution in [3.63, 3.8) is 0 Å². The van der Waals surface area contributed by atoms with Crippen molar-refractivity contribution in [2.75, 3.05) is 7.05 Å². The van der Waals surface area contributed by atoms with Crippen LogP contribution >= 0.6 is 0 Å². The van der Waals surface area contributed by atoms with Gasteiger partial charge in [0, 0.05) is 6.04 Å². The minimum absolute atomic E-state index is 0.442. The molecule has 0 aliphatic carbocycles. The first-order chi connectivity index (χ1) is 4.70. The molecule has 0 aromatic heterocycles. The summed E-state index contributed by atoms with van der Waals surface area (Å²) in [5.74, 6) is 0.724. The van der Waals surface area contributed by atoms with Crippen LogP contribution < -0.4 is 5.32 Å². The molecular weight excluding hydrogens is 122 g/mol. The van der Waals surface area contributed by atoms with E-state index in [9.17, 15) is 0 Å². The van der Waals surface area contributed by atoms with Gasteiger partial charge in [-0.15, -0.1) is 5.73 Å². The normalized spacial score (nSPS) is 12.8. The van der Waals surface area contributed by atoms with Gasteiger partial charge in [-0.3, -0.25) is 0 Å². The zero-order valence-corrected chi connectivity index (χ0v) is 7.15. The van der Waals surface area contributed by atoms with E-state index >= 15 is 0 Å². The molecule has 0 saturated heterocycles. The average molecular weight is 139 g/mol. The van der Waals surface area contributed by atoms with Crippen molar-refractivity contribution in [1.82, 2.24) is 5.32 Å². The molecule has 0 aliphatic heterocycles. The molecular formula is C9H17N. The highest BCUT2D eigenvalue weighted by atomic mass is 14.9. The van der Waals surface area contributed by atoms with E-state index in [4.69, 9.17) is 0 Å². The van der Waals surface area contributed by atoms with Crippen LogP contribution in [0.5, 0.6) is 0 Å². The Morgan fingerprint density at radius 1 is 1.60 bits per heavy atom. The Kier molecular flexibility index (Phi) is 5.00. The summed E-state index contributed by atoms with van der Waals surface area (Å²) in [6.45, 7) is 7.95. The Balaban J connectivity index is 3.71. The topological polar surface area (TPSA) is 12.0 Å². The van der Waals surface area contributed by atoms with Crippen LogP contribution in [0.15, 0.2) is 18.4 Å². The van der Waals surface area contributed by atoms with Crippen molar-refractivity contribution in [2.24, 2.45) is 5.92 Å². The summed E-state index contributed by atoms with van der Waals surface area (Å²) in [5.41, 5.74) is 2.79. The Hall–Kier alpha value is -0.520. The molecule has 1 N–H and O–H groups in total. The van der Waals surface area contributed by atoms with Gasteiger partial charge in [-0.2, -0.15) is 0 Å². The molecule has 1 nitrogen and oxygen atoms in total. The zero-order valence-electron chi connectivity index (χ0n) is 7.15. The molecule has 1 atom stereocenters. The van der Waals surface area contributed by atoms with Gasteiger partial charge < -0.3 is 5.32 Å². The van der Waals surface area contributed by atoms with Gasteiger partial charge in [-0.25, -0.2) is 0 Å². The Morgan fingerprint density at radius 2 is 2.20 bits per heavy atom. The molecule has 1 heteroatoms. The van der Waals surface area contributed by atoms with Crippen molar-refractivity contribution in [1.29, 1.82) is 0 Å². The molecule has 0 heterocycles. The molecule has 0 amide bonds. The second-order valence-corrected chi connectivity index (χ2v) is 2.90.